The van der Waals surface area contributed by atoms with E-state index >= 15 is 0 Å². The number of aryl methyl sites for hydroxylation is 1. The van der Waals surface area contributed by atoms with Crippen LogP contribution in [0.3, 0.4) is 0 Å². The molecule has 2 nitrogen and oxygen atoms in total. The van der Waals surface area contributed by atoms with Crippen molar-refractivity contribution in [3.8, 4) is 5.75 Å². The number of hydrogen-bond donors (Lipinski definition) is 1. The largest absolute Gasteiger partial charge is 0.494 e. The van der Waals surface area contributed by atoms with E-state index in [1.807, 2.05) is 31.3 Å². The Kier molecular flexibility index (Phi) is 6.27. The first-order chi connectivity index (χ1) is 10.2. The highest BCUT2D eigenvalue weighted by Gasteiger charge is 2.13. The Hall–Kier alpha value is -1.32. The van der Waals surface area contributed by atoms with E-state index in [1.165, 1.54) is 11.1 Å². The standard InChI is InChI=1S/C18H22BrNO/c1-14-5-3-4-6-18(14)15(13-20-2)11-12-21-17-9-7-16(19)8-10-17/h3-10,15,20H,11-13H2,1-2H3. The van der Waals surface area contributed by atoms with E-state index < -0.39 is 0 Å². The molecule has 1 unspecified atom stereocenters. The summed E-state index contributed by atoms with van der Waals surface area (Å²) < 4.78 is 6.92. The number of rotatable bonds is 7. The molecule has 0 saturated heterocycles. The maximum atomic E-state index is 5.85. The van der Waals surface area contributed by atoms with Crippen molar-refractivity contribution in [3.05, 3.63) is 64.1 Å². The molecule has 0 heterocycles. The van der Waals surface area contributed by atoms with Crippen LogP contribution >= 0.6 is 15.9 Å². The lowest BCUT2D eigenvalue weighted by Crippen LogP contribution is -2.20. The van der Waals surface area contributed by atoms with Crippen LogP contribution in [0.2, 0.25) is 0 Å². The molecule has 0 bridgehead atoms. The molecule has 2 aromatic carbocycles. The Bertz CT molecular complexity index is 553. The monoisotopic (exact) mass is 347 g/mol. The van der Waals surface area contributed by atoms with Gasteiger partial charge in [0.1, 0.15) is 5.75 Å². The Morgan fingerprint density at radius 2 is 1.81 bits per heavy atom. The minimum atomic E-state index is 0.478. The normalized spacial score (nSPS) is 12.1. The van der Waals surface area contributed by atoms with Gasteiger partial charge in [0.2, 0.25) is 0 Å². The lowest BCUT2D eigenvalue weighted by atomic mass is 9.92. The zero-order valence-corrected chi connectivity index (χ0v) is 14.2. The number of nitrogens with one attached hydrogen (secondary N) is 1. The molecule has 0 amide bonds. The first-order valence-corrected chi connectivity index (χ1v) is 8.08. The maximum absolute atomic E-state index is 5.85. The topological polar surface area (TPSA) is 21.3 Å². The molecule has 0 aliphatic carbocycles. The van der Waals surface area contributed by atoms with Crippen molar-refractivity contribution in [1.82, 2.24) is 5.32 Å². The van der Waals surface area contributed by atoms with Gasteiger partial charge in [-0.1, -0.05) is 40.2 Å². The second-order valence-corrected chi connectivity index (χ2v) is 6.12. The molecule has 0 saturated carbocycles. The molecule has 3 heteroatoms. The van der Waals surface area contributed by atoms with Crippen molar-refractivity contribution in [1.29, 1.82) is 0 Å². The van der Waals surface area contributed by atoms with Gasteiger partial charge in [0.25, 0.3) is 0 Å². The van der Waals surface area contributed by atoms with E-state index in [2.05, 4.69) is 52.4 Å². The molecule has 112 valence electrons. The van der Waals surface area contributed by atoms with Crippen molar-refractivity contribution in [3.63, 3.8) is 0 Å². The van der Waals surface area contributed by atoms with Crippen LogP contribution in [0, 0.1) is 6.92 Å². The molecule has 0 aliphatic rings. The third-order valence-electron chi connectivity index (χ3n) is 3.63. The van der Waals surface area contributed by atoms with Crippen LogP contribution in [0.5, 0.6) is 5.75 Å². The summed E-state index contributed by atoms with van der Waals surface area (Å²) in [5.41, 5.74) is 2.76. The van der Waals surface area contributed by atoms with Crippen LogP contribution in [-0.4, -0.2) is 20.2 Å². The molecule has 0 fully saturated rings. The fourth-order valence-corrected chi connectivity index (χ4v) is 2.77. The molecule has 2 aromatic rings. The minimum Gasteiger partial charge on any atom is -0.494 e. The Morgan fingerprint density at radius 3 is 2.48 bits per heavy atom. The fourth-order valence-electron chi connectivity index (χ4n) is 2.51. The summed E-state index contributed by atoms with van der Waals surface area (Å²) in [7, 11) is 2.00. The summed E-state index contributed by atoms with van der Waals surface area (Å²) in [6.07, 6.45) is 1.00. The van der Waals surface area contributed by atoms with Crippen LogP contribution in [0.4, 0.5) is 0 Å². The molecule has 0 aliphatic heterocycles. The van der Waals surface area contributed by atoms with Crippen molar-refractivity contribution < 1.29 is 4.74 Å². The van der Waals surface area contributed by atoms with E-state index in [1.54, 1.807) is 0 Å². The minimum absolute atomic E-state index is 0.478. The molecule has 1 N–H and O–H groups in total. The average molecular weight is 348 g/mol. The van der Waals surface area contributed by atoms with Gasteiger partial charge in [-0.25, -0.2) is 0 Å². The van der Waals surface area contributed by atoms with Gasteiger partial charge in [0, 0.05) is 11.0 Å². The smallest absolute Gasteiger partial charge is 0.119 e. The molecule has 0 spiro atoms. The van der Waals surface area contributed by atoms with Gasteiger partial charge in [-0.2, -0.15) is 0 Å². The summed E-state index contributed by atoms with van der Waals surface area (Å²) in [5, 5.41) is 3.29. The maximum Gasteiger partial charge on any atom is 0.119 e. The number of benzene rings is 2. The van der Waals surface area contributed by atoms with Crippen molar-refractivity contribution in [2.75, 3.05) is 20.2 Å². The molecule has 1 atom stereocenters. The highest BCUT2D eigenvalue weighted by Crippen LogP contribution is 2.23. The Labute approximate surface area is 135 Å². The van der Waals surface area contributed by atoms with Gasteiger partial charge in [0.05, 0.1) is 6.61 Å². The van der Waals surface area contributed by atoms with E-state index in [0.29, 0.717) is 5.92 Å². The van der Waals surface area contributed by atoms with Crippen LogP contribution in [-0.2, 0) is 0 Å². The second kappa shape index (κ2) is 8.20. The fraction of sp³-hybridized carbons (Fsp3) is 0.333. The number of likely N-dealkylation sites (N-methyl/N-ethyl adjacent to an activating group) is 1. The molecule has 0 radical (unpaired) electrons. The summed E-state index contributed by atoms with van der Waals surface area (Å²) in [6.45, 7) is 3.87. The van der Waals surface area contributed by atoms with E-state index in [-0.39, 0.29) is 0 Å². The number of ether oxygens (including phenoxy) is 1. The number of halogens is 1. The van der Waals surface area contributed by atoms with E-state index in [0.717, 1.165) is 29.8 Å². The zero-order valence-electron chi connectivity index (χ0n) is 12.6. The molecule has 0 aromatic heterocycles. The van der Waals surface area contributed by atoms with Crippen LogP contribution in [0.15, 0.2) is 53.0 Å². The number of hydrogen-bond acceptors (Lipinski definition) is 2. The lowest BCUT2D eigenvalue weighted by molar-refractivity contribution is 0.296. The predicted molar refractivity (Wildman–Crippen MR) is 92.1 cm³/mol. The van der Waals surface area contributed by atoms with Gasteiger partial charge in [-0.05, 0) is 61.7 Å². The summed E-state index contributed by atoms with van der Waals surface area (Å²) >= 11 is 3.43. The molecular weight excluding hydrogens is 326 g/mol. The summed E-state index contributed by atoms with van der Waals surface area (Å²) in [6, 6.07) is 16.6. The third-order valence-corrected chi connectivity index (χ3v) is 4.16. The zero-order chi connectivity index (χ0) is 15.1. The predicted octanol–water partition coefficient (Wildman–Crippen LogP) is 4.53. The van der Waals surface area contributed by atoms with Gasteiger partial charge >= 0.3 is 0 Å². The molecular formula is C18H22BrNO. The van der Waals surface area contributed by atoms with Gasteiger partial charge < -0.3 is 10.1 Å². The Balaban J connectivity index is 1.94. The van der Waals surface area contributed by atoms with E-state index in [4.69, 9.17) is 4.74 Å². The SMILES string of the molecule is CNCC(CCOc1ccc(Br)cc1)c1ccccc1C. The highest BCUT2D eigenvalue weighted by atomic mass is 79.9. The third kappa shape index (κ3) is 4.87. The van der Waals surface area contributed by atoms with Crippen LogP contribution < -0.4 is 10.1 Å². The van der Waals surface area contributed by atoms with Gasteiger partial charge in [0.15, 0.2) is 0 Å². The summed E-state index contributed by atoms with van der Waals surface area (Å²) in [4.78, 5) is 0. The van der Waals surface area contributed by atoms with Gasteiger partial charge in [-0.3, -0.25) is 0 Å². The van der Waals surface area contributed by atoms with Crippen LogP contribution in [0.25, 0.3) is 0 Å². The van der Waals surface area contributed by atoms with E-state index in [9.17, 15) is 0 Å². The van der Waals surface area contributed by atoms with Crippen molar-refractivity contribution >= 4 is 15.9 Å². The Morgan fingerprint density at radius 1 is 1.10 bits per heavy atom. The second-order valence-electron chi connectivity index (χ2n) is 5.20. The summed E-state index contributed by atoms with van der Waals surface area (Å²) in [5.74, 6) is 1.40. The first kappa shape index (κ1) is 16.1. The average Bonchev–Trinajstić information content (AvgIpc) is 2.49. The molecule has 2 rings (SSSR count). The molecule has 21 heavy (non-hydrogen) atoms. The quantitative estimate of drug-likeness (QED) is 0.794. The first-order valence-electron chi connectivity index (χ1n) is 7.29. The van der Waals surface area contributed by atoms with Gasteiger partial charge in [-0.15, -0.1) is 0 Å². The van der Waals surface area contributed by atoms with Crippen molar-refractivity contribution in [2.45, 2.75) is 19.3 Å². The lowest BCUT2D eigenvalue weighted by Gasteiger charge is -2.19. The van der Waals surface area contributed by atoms with Crippen LogP contribution in [0.1, 0.15) is 23.5 Å². The highest BCUT2D eigenvalue weighted by molar-refractivity contribution is 9.10. The van der Waals surface area contributed by atoms with Crippen molar-refractivity contribution in [2.24, 2.45) is 0 Å².